The molecule has 0 aliphatic heterocycles. The van der Waals surface area contributed by atoms with Gasteiger partial charge in [-0.1, -0.05) is 6.07 Å². The molecule has 0 bridgehead atoms. The lowest BCUT2D eigenvalue weighted by atomic mass is 10.2. The number of methoxy groups -OCH3 is 2. The zero-order chi connectivity index (χ0) is 20.1. The molecule has 28 heavy (non-hydrogen) atoms. The third-order valence-electron chi connectivity index (χ3n) is 3.66. The molecule has 1 heterocycles. The molecule has 146 valence electrons. The second-order valence-corrected chi connectivity index (χ2v) is 5.56. The minimum atomic E-state index is -4.44. The Balaban J connectivity index is 1.78. The molecule has 0 saturated heterocycles. The van der Waals surface area contributed by atoms with E-state index in [2.05, 4.69) is 25.8 Å². The first-order valence-corrected chi connectivity index (χ1v) is 8.02. The zero-order valence-electron chi connectivity index (χ0n) is 14.9. The van der Waals surface area contributed by atoms with E-state index in [1.54, 1.807) is 18.2 Å². The number of hydrogen-bond acceptors (Lipinski definition) is 7. The minimum Gasteiger partial charge on any atom is -0.493 e. The largest absolute Gasteiger partial charge is 0.493 e. The van der Waals surface area contributed by atoms with Crippen LogP contribution in [0.25, 0.3) is 0 Å². The molecule has 0 atom stereocenters. The Labute approximate surface area is 158 Å². The van der Waals surface area contributed by atoms with Crippen LogP contribution < -0.4 is 20.1 Å². The van der Waals surface area contributed by atoms with Gasteiger partial charge in [0, 0.05) is 17.4 Å². The van der Waals surface area contributed by atoms with Crippen LogP contribution in [-0.2, 0) is 6.18 Å². The Hall–Kier alpha value is -3.56. The van der Waals surface area contributed by atoms with Gasteiger partial charge in [-0.05, 0) is 30.3 Å². The Morgan fingerprint density at radius 3 is 2.36 bits per heavy atom. The van der Waals surface area contributed by atoms with E-state index in [1.165, 1.54) is 32.5 Å². The molecule has 0 unspecified atom stereocenters. The highest BCUT2D eigenvalue weighted by atomic mass is 19.4. The van der Waals surface area contributed by atoms with Crippen LogP contribution in [0.2, 0.25) is 0 Å². The van der Waals surface area contributed by atoms with Crippen LogP contribution in [0.3, 0.4) is 0 Å². The number of benzene rings is 2. The number of ether oxygens (including phenoxy) is 2. The molecule has 0 amide bonds. The summed E-state index contributed by atoms with van der Waals surface area (Å²) in [5, 5.41) is 13.3. The summed E-state index contributed by atoms with van der Waals surface area (Å²) in [5.41, 5.74) is 0.0770. The van der Waals surface area contributed by atoms with E-state index in [-0.39, 0.29) is 11.6 Å². The van der Waals surface area contributed by atoms with E-state index < -0.39 is 11.7 Å². The van der Waals surface area contributed by atoms with Crippen LogP contribution in [0.1, 0.15) is 5.56 Å². The Kier molecular flexibility index (Phi) is 5.48. The van der Waals surface area contributed by atoms with Crippen LogP contribution in [0.15, 0.2) is 48.7 Å². The minimum absolute atomic E-state index is 0.0461. The molecule has 7 nitrogen and oxygen atoms in total. The van der Waals surface area contributed by atoms with Crippen molar-refractivity contribution in [1.29, 1.82) is 0 Å². The van der Waals surface area contributed by atoms with Crippen molar-refractivity contribution >= 4 is 23.1 Å². The summed E-state index contributed by atoms with van der Waals surface area (Å²) < 4.78 is 48.9. The molecule has 0 radical (unpaired) electrons. The Morgan fingerprint density at radius 1 is 0.893 bits per heavy atom. The van der Waals surface area contributed by atoms with Gasteiger partial charge < -0.3 is 20.1 Å². The molecule has 1 aromatic heterocycles. The second kappa shape index (κ2) is 7.99. The maximum atomic E-state index is 12.8. The lowest BCUT2D eigenvalue weighted by Gasteiger charge is -2.12. The number of nitrogens with zero attached hydrogens (tertiary/aromatic N) is 3. The molecule has 3 rings (SSSR count). The van der Waals surface area contributed by atoms with Crippen LogP contribution in [-0.4, -0.2) is 29.4 Å². The highest BCUT2D eigenvalue weighted by Crippen LogP contribution is 2.32. The molecular weight excluding hydrogens is 375 g/mol. The first-order valence-electron chi connectivity index (χ1n) is 8.02. The average Bonchev–Trinajstić information content (AvgIpc) is 2.68. The summed E-state index contributed by atoms with van der Waals surface area (Å²) >= 11 is 0. The van der Waals surface area contributed by atoms with Gasteiger partial charge in [0.05, 0.1) is 26.0 Å². The van der Waals surface area contributed by atoms with Crippen LogP contribution in [0, 0.1) is 0 Å². The summed E-state index contributed by atoms with van der Waals surface area (Å²) in [4.78, 5) is 4.20. The van der Waals surface area contributed by atoms with Gasteiger partial charge >= 0.3 is 6.18 Å². The number of aromatic nitrogens is 3. The monoisotopic (exact) mass is 391 g/mol. The highest BCUT2D eigenvalue weighted by Gasteiger charge is 2.30. The number of hydrogen-bond donors (Lipinski definition) is 2. The summed E-state index contributed by atoms with van der Waals surface area (Å²) in [7, 11) is 3.05. The molecule has 2 aromatic carbocycles. The topological polar surface area (TPSA) is 81.2 Å². The van der Waals surface area contributed by atoms with Crippen molar-refractivity contribution in [2.45, 2.75) is 6.18 Å². The normalized spacial score (nSPS) is 11.0. The van der Waals surface area contributed by atoms with Crippen LogP contribution in [0.5, 0.6) is 11.5 Å². The third kappa shape index (κ3) is 4.58. The Bertz CT molecular complexity index is 966. The van der Waals surface area contributed by atoms with E-state index in [4.69, 9.17) is 9.47 Å². The summed E-state index contributed by atoms with van der Waals surface area (Å²) in [6.07, 6.45) is -3.05. The second-order valence-electron chi connectivity index (χ2n) is 5.56. The molecule has 10 heteroatoms. The maximum absolute atomic E-state index is 12.8. The van der Waals surface area contributed by atoms with E-state index in [0.717, 1.165) is 12.1 Å². The van der Waals surface area contributed by atoms with Crippen LogP contribution in [0.4, 0.5) is 36.3 Å². The quantitative estimate of drug-likeness (QED) is 0.645. The van der Waals surface area contributed by atoms with Gasteiger partial charge in [0.1, 0.15) is 0 Å². The molecular formula is C18H16F3N5O2. The van der Waals surface area contributed by atoms with Crippen molar-refractivity contribution < 1.29 is 22.6 Å². The third-order valence-corrected chi connectivity index (χ3v) is 3.66. The maximum Gasteiger partial charge on any atom is 0.416 e. The molecule has 0 saturated carbocycles. The number of halogens is 3. The number of anilines is 4. The fraction of sp³-hybridized carbons (Fsp3) is 0.167. The van der Waals surface area contributed by atoms with E-state index in [1.807, 2.05) is 0 Å². The van der Waals surface area contributed by atoms with Crippen molar-refractivity contribution in [1.82, 2.24) is 15.2 Å². The van der Waals surface area contributed by atoms with Crippen molar-refractivity contribution in [3.63, 3.8) is 0 Å². The lowest BCUT2D eigenvalue weighted by molar-refractivity contribution is -0.137. The predicted octanol–water partition coefficient (Wildman–Crippen LogP) is 4.39. The van der Waals surface area contributed by atoms with E-state index in [0.29, 0.717) is 23.0 Å². The standard InChI is InChI=1S/C18H16F3N5O2/c1-27-14-7-6-13(9-15(14)28-2)23-16-10-22-26-17(25-16)24-12-5-3-4-11(8-12)18(19,20)21/h3-10H,1-2H3,(H2,23,24,25,26). The number of rotatable bonds is 6. The number of alkyl halides is 3. The first kappa shape index (κ1) is 19.2. The number of nitrogens with one attached hydrogen (secondary N) is 2. The predicted molar refractivity (Wildman–Crippen MR) is 97.4 cm³/mol. The highest BCUT2D eigenvalue weighted by molar-refractivity contribution is 5.62. The van der Waals surface area contributed by atoms with Gasteiger partial charge in [-0.25, -0.2) is 0 Å². The van der Waals surface area contributed by atoms with Crippen molar-refractivity contribution in [2.75, 3.05) is 24.9 Å². The fourth-order valence-corrected chi connectivity index (χ4v) is 2.38. The fourth-order valence-electron chi connectivity index (χ4n) is 2.38. The SMILES string of the molecule is COc1ccc(Nc2cnnc(Nc3cccc(C(F)(F)F)c3)n2)cc1OC. The lowest BCUT2D eigenvalue weighted by Crippen LogP contribution is -2.06. The van der Waals surface area contributed by atoms with Crippen LogP contribution >= 0.6 is 0 Å². The van der Waals surface area contributed by atoms with Gasteiger partial charge in [-0.2, -0.15) is 23.3 Å². The first-order chi connectivity index (χ1) is 13.4. The summed E-state index contributed by atoms with van der Waals surface area (Å²) in [5.74, 6) is 1.49. The van der Waals surface area contributed by atoms with Crippen molar-refractivity contribution in [3.05, 3.63) is 54.2 Å². The van der Waals surface area contributed by atoms with E-state index in [9.17, 15) is 13.2 Å². The smallest absolute Gasteiger partial charge is 0.416 e. The average molecular weight is 391 g/mol. The molecule has 0 fully saturated rings. The molecule has 0 aliphatic carbocycles. The van der Waals surface area contributed by atoms with Gasteiger partial charge in [0.2, 0.25) is 5.95 Å². The summed E-state index contributed by atoms with van der Waals surface area (Å²) in [6.45, 7) is 0. The molecule has 3 aromatic rings. The van der Waals surface area contributed by atoms with Gasteiger partial charge in [-0.3, -0.25) is 0 Å². The van der Waals surface area contributed by atoms with Crippen molar-refractivity contribution in [3.8, 4) is 11.5 Å². The summed E-state index contributed by atoms with van der Waals surface area (Å²) in [6, 6.07) is 9.91. The molecule has 0 spiro atoms. The van der Waals surface area contributed by atoms with E-state index >= 15 is 0 Å². The van der Waals surface area contributed by atoms with Gasteiger partial charge in [-0.15, -0.1) is 5.10 Å². The molecule has 2 N–H and O–H groups in total. The van der Waals surface area contributed by atoms with Gasteiger partial charge in [0.25, 0.3) is 0 Å². The Morgan fingerprint density at radius 2 is 1.64 bits per heavy atom. The van der Waals surface area contributed by atoms with Crippen molar-refractivity contribution in [2.24, 2.45) is 0 Å². The zero-order valence-corrected chi connectivity index (χ0v) is 14.9. The molecule has 0 aliphatic rings. The van der Waals surface area contributed by atoms with Gasteiger partial charge in [0.15, 0.2) is 17.3 Å².